The summed E-state index contributed by atoms with van der Waals surface area (Å²) in [7, 11) is 3.33. The summed E-state index contributed by atoms with van der Waals surface area (Å²) in [6, 6.07) is 0. The van der Waals surface area contributed by atoms with Gasteiger partial charge in [0.15, 0.2) is 6.29 Å². The van der Waals surface area contributed by atoms with Crippen LogP contribution in [0.4, 0.5) is 0 Å². The van der Waals surface area contributed by atoms with Crippen LogP contribution in [0.5, 0.6) is 0 Å². The Bertz CT molecular complexity index is 116. The molecule has 0 aromatic carbocycles. The SMILES string of the molecule is CCCCCCCCNCC(OC)OC. The molecule has 15 heavy (non-hydrogen) atoms. The van der Waals surface area contributed by atoms with E-state index in [0.29, 0.717) is 0 Å². The van der Waals surface area contributed by atoms with Gasteiger partial charge in [0.25, 0.3) is 0 Å². The zero-order valence-corrected chi connectivity index (χ0v) is 10.6. The molecule has 0 aliphatic carbocycles. The van der Waals surface area contributed by atoms with Gasteiger partial charge in [0, 0.05) is 20.8 Å². The summed E-state index contributed by atoms with van der Waals surface area (Å²) in [6.45, 7) is 4.09. The van der Waals surface area contributed by atoms with E-state index in [2.05, 4.69) is 12.2 Å². The Morgan fingerprint density at radius 3 is 2.13 bits per heavy atom. The minimum absolute atomic E-state index is 0.106. The molecular formula is C12H27NO2. The minimum atomic E-state index is -0.106. The molecule has 0 unspecified atom stereocenters. The molecule has 0 spiro atoms. The third kappa shape index (κ3) is 10.2. The molecule has 0 heterocycles. The van der Waals surface area contributed by atoms with Crippen molar-refractivity contribution in [3.63, 3.8) is 0 Å². The van der Waals surface area contributed by atoms with Crippen LogP contribution in [-0.4, -0.2) is 33.6 Å². The van der Waals surface area contributed by atoms with Crippen molar-refractivity contribution in [1.82, 2.24) is 5.32 Å². The van der Waals surface area contributed by atoms with E-state index in [1.807, 2.05) is 0 Å². The van der Waals surface area contributed by atoms with Crippen LogP contribution in [0.25, 0.3) is 0 Å². The van der Waals surface area contributed by atoms with Crippen molar-refractivity contribution in [2.45, 2.75) is 51.7 Å². The van der Waals surface area contributed by atoms with Crippen LogP contribution in [0.1, 0.15) is 45.4 Å². The van der Waals surface area contributed by atoms with E-state index >= 15 is 0 Å². The van der Waals surface area contributed by atoms with Gasteiger partial charge in [0.2, 0.25) is 0 Å². The van der Waals surface area contributed by atoms with E-state index < -0.39 is 0 Å². The van der Waals surface area contributed by atoms with Crippen LogP contribution in [0.2, 0.25) is 0 Å². The first-order valence-electron chi connectivity index (χ1n) is 6.11. The van der Waals surface area contributed by atoms with Gasteiger partial charge in [-0.3, -0.25) is 0 Å². The van der Waals surface area contributed by atoms with Crippen LogP contribution in [0, 0.1) is 0 Å². The maximum absolute atomic E-state index is 5.07. The average Bonchev–Trinajstić information content (AvgIpc) is 2.27. The summed E-state index contributed by atoms with van der Waals surface area (Å²) in [5.41, 5.74) is 0. The van der Waals surface area contributed by atoms with Gasteiger partial charge in [-0.2, -0.15) is 0 Å². The third-order valence-corrected chi connectivity index (χ3v) is 2.54. The van der Waals surface area contributed by atoms with Gasteiger partial charge in [0.1, 0.15) is 0 Å². The number of nitrogens with one attached hydrogen (secondary N) is 1. The first-order valence-corrected chi connectivity index (χ1v) is 6.11. The molecule has 1 N–H and O–H groups in total. The first kappa shape index (κ1) is 14.9. The molecule has 0 radical (unpaired) electrons. The lowest BCUT2D eigenvalue weighted by atomic mass is 10.1. The minimum Gasteiger partial charge on any atom is -0.355 e. The maximum Gasteiger partial charge on any atom is 0.169 e. The number of rotatable bonds is 11. The summed E-state index contributed by atoms with van der Waals surface area (Å²) in [6.07, 6.45) is 7.93. The summed E-state index contributed by atoms with van der Waals surface area (Å²) >= 11 is 0. The second kappa shape index (κ2) is 12.0. The van der Waals surface area contributed by atoms with Gasteiger partial charge < -0.3 is 14.8 Å². The Balaban J connectivity index is 3.04. The van der Waals surface area contributed by atoms with Crippen LogP contribution in [0.15, 0.2) is 0 Å². The second-order valence-corrected chi connectivity index (χ2v) is 3.87. The Morgan fingerprint density at radius 1 is 0.933 bits per heavy atom. The third-order valence-electron chi connectivity index (χ3n) is 2.54. The highest BCUT2D eigenvalue weighted by molar-refractivity contribution is 4.52. The van der Waals surface area contributed by atoms with Crippen molar-refractivity contribution in [3.8, 4) is 0 Å². The van der Waals surface area contributed by atoms with E-state index in [1.54, 1.807) is 14.2 Å². The highest BCUT2D eigenvalue weighted by Crippen LogP contribution is 2.03. The highest BCUT2D eigenvalue weighted by Gasteiger charge is 2.02. The highest BCUT2D eigenvalue weighted by atomic mass is 16.7. The van der Waals surface area contributed by atoms with Gasteiger partial charge in [-0.1, -0.05) is 39.0 Å². The van der Waals surface area contributed by atoms with Crippen molar-refractivity contribution in [2.75, 3.05) is 27.3 Å². The Labute approximate surface area is 94.5 Å². The molecule has 0 bridgehead atoms. The Morgan fingerprint density at radius 2 is 1.53 bits per heavy atom. The molecule has 0 aromatic rings. The summed E-state index contributed by atoms with van der Waals surface area (Å²) in [4.78, 5) is 0. The second-order valence-electron chi connectivity index (χ2n) is 3.87. The zero-order valence-electron chi connectivity index (χ0n) is 10.6. The van der Waals surface area contributed by atoms with E-state index in [4.69, 9.17) is 9.47 Å². The molecule has 3 nitrogen and oxygen atoms in total. The molecule has 0 saturated heterocycles. The Kier molecular flexibility index (Phi) is 11.9. The van der Waals surface area contributed by atoms with Crippen LogP contribution >= 0.6 is 0 Å². The van der Waals surface area contributed by atoms with E-state index in [0.717, 1.165) is 13.1 Å². The van der Waals surface area contributed by atoms with Gasteiger partial charge in [-0.05, 0) is 13.0 Å². The molecular weight excluding hydrogens is 190 g/mol. The molecule has 0 atom stereocenters. The molecule has 0 aromatic heterocycles. The Hall–Kier alpha value is -0.120. The molecule has 0 amide bonds. The fourth-order valence-corrected chi connectivity index (χ4v) is 1.51. The number of hydrogen-bond donors (Lipinski definition) is 1. The lowest BCUT2D eigenvalue weighted by Crippen LogP contribution is -2.30. The van der Waals surface area contributed by atoms with E-state index in [9.17, 15) is 0 Å². The summed E-state index contributed by atoms with van der Waals surface area (Å²) in [5, 5.41) is 3.33. The fraction of sp³-hybridized carbons (Fsp3) is 1.00. The number of ether oxygens (including phenoxy) is 2. The predicted octanol–water partition coefficient (Wildman–Crippen LogP) is 2.56. The molecule has 0 saturated carbocycles. The summed E-state index contributed by atoms with van der Waals surface area (Å²) in [5.74, 6) is 0. The molecule has 3 heteroatoms. The van der Waals surface area contributed by atoms with Crippen molar-refractivity contribution in [2.24, 2.45) is 0 Å². The van der Waals surface area contributed by atoms with E-state index in [1.165, 1.54) is 38.5 Å². The van der Waals surface area contributed by atoms with Crippen molar-refractivity contribution in [3.05, 3.63) is 0 Å². The van der Waals surface area contributed by atoms with Gasteiger partial charge in [-0.15, -0.1) is 0 Å². The normalized spacial score (nSPS) is 11.2. The summed E-state index contributed by atoms with van der Waals surface area (Å²) < 4.78 is 10.1. The standard InChI is InChI=1S/C12H27NO2/c1-4-5-6-7-8-9-10-13-11-12(14-2)15-3/h12-13H,4-11H2,1-3H3. The largest absolute Gasteiger partial charge is 0.355 e. The first-order chi connectivity index (χ1) is 7.35. The lowest BCUT2D eigenvalue weighted by Gasteiger charge is -2.13. The quantitative estimate of drug-likeness (QED) is 0.426. The smallest absolute Gasteiger partial charge is 0.169 e. The average molecular weight is 217 g/mol. The van der Waals surface area contributed by atoms with Crippen molar-refractivity contribution in [1.29, 1.82) is 0 Å². The zero-order chi connectivity index (χ0) is 11.4. The predicted molar refractivity (Wildman–Crippen MR) is 64.1 cm³/mol. The monoisotopic (exact) mass is 217 g/mol. The number of hydrogen-bond acceptors (Lipinski definition) is 3. The topological polar surface area (TPSA) is 30.5 Å². The van der Waals surface area contributed by atoms with Gasteiger partial charge in [0.05, 0.1) is 0 Å². The molecule has 0 rings (SSSR count). The van der Waals surface area contributed by atoms with Gasteiger partial charge in [-0.25, -0.2) is 0 Å². The van der Waals surface area contributed by atoms with Crippen LogP contribution in [-0.2, 0) is 9.47 Å². The lowest BCUT2D eigenvalue weighted by molar-refractivity contribution is -0.0986. The number of unbranched alkanes of at least 4 members (excludes halogenated alkanes) is 5. The van der Waals surface area contributed by atoms with Gasteiger partial charge >= 0.3 is 0 Å². The fourth-order valence-electron chi connectivity index (χ4n) is 1.51. The van der Waals surface area contributed by atoms with Crippen LogP contribution in [0.3, 0.4) is 0 Å². The molecule has 0 aliphatic rings. The molecule has 92 valence electrons. The van der Waals surface area contributed by atoms with Crippen molar-refractivity contribution >= 4 is 0 Å². The molecule has 0 aliphatic heterocycles. The van der Waals surface area contributed by atoms with Crippen molar-refractivity contribution < 1.29 is 9.47 Å². The maximum atomic E-state index is 5.07. The molecule has 0 fully saturated rings. The van der Waals surface area contributed by atoms with E-state index in [-0.39, 0.29) is 6.29 Å². The van der Waals surface area contributed by atoms with Crippen LogP contribution < -0.4 is 5.32 Å². The number of methoxy groups -OCH3 is 2.